The lowest BCUT2D eigenvalue weighted by Gasteiger charge is -2.35. The number of hydrogen-bond acceptors (Lipinski definition) is 4. The van der Waals surface area contributed by atoms with Crippen LogP contribution in [0, 0.1) is 5.92 Å². The summed E-state index contributed by atoms with van der Waals surface area (Å²) >= 11 is 0. The van der Waals surface area contributed by atoms with Crippen molar-refractivity contribution in [3.05, 3.63) is 0 Å². The highest BCUT2D eigenvalue weighted by atomic mass is 16.2. The van der Waals surface area contributed by atoms with Crippen molar-refractivity contribution in [2.45, 2.75) is 38.8 Å². The first kappa shape index (κ1) is 17.4. The van der Waals surface area contributed by atoms with Crippen molar-refractivity contribution in [1.29, 1.82) is 0 Å². The minimum atomic E-state index is -0.299. The lowest BCUT2D eigenvalue weighted by molar-refractivity contribution is -0.133. The molecule has 120 valence electrons. The van der Waals surface area contributed by atoms with Crippen molar-refractivity contribution in [1.82, 2.24) is 15.1 Å². The molecule has 3 amide bonds. The molecule has 1 heterocycles. The van der Waals surface area contributed by atoms with E-state index in [1.165, 1.54) is 0 Å². The zero-order chi connectivity index (χ0) is 16.0. The van der Waals surface area contributed by atoms with Gasteiger partial charge < -0.3 is 16.0 Å². The Kier molecular flexibility index (Phi) is 6.61. The molecule has 0 aromatic heterocycles. The lowest BCUT2D eigenvalue weighted by atomic mass is 10.0. The highest BCUT2D eigenvalue weighted by molar-refractivity contribution is 5.80. The molecule has 0 radical (unpaired) electrons. The van der Waals surface area contributed by atoms with Crippen molar-refractivity contribution in [3.8, 4) is 0 Å². The molecular formula is C14H26N4O3. The second-order valence-electron chi connectivity index (χ2n) is 5.87. The molecule has 1 rings (SSSR count). The smallest absolute Gasteiger partial charge is 0.241 e. The summed E-state index contributed by atoms with van der Waals surface area (Å²) in [6, 6.07) is -0.256. The average molecular weight is 298 g/mol. The topological polar surface area (TPSA) is 95.7 Å². The second kappa shape index (κ2) is 7.97. The van der Waals surface area contributed by atoms with Crippen LogP contribution in [-0.4, -0.2) is 66.8 Å². The van der Waals surface area contributed by atoms with Crippen molar-refractivity contribution in [3.63, 3.8) is 0 Å². The standard InChI is InChI=1S/C14H26N4O3/c1-10(2)12(17(3)13(20)7-16-9-19)8-18-6-4-5-11(18)14(15)21/h9-12H,4-8H2,1-3H3,(H2,15,21)(H,16,19)/t11-,12+/m0/s1. The van der Waals surface area contributed by atoms with Gasteiger partial charge in [0, 0.05) is 19.6 Å². The minimum absolute atomic E-state index is 0.0114. The molecule has 3 N–H and O–H groups in total. The number of nitrogens with two attached hydrogens (primary N) is 1. The van der Waals surface area contributed by atoms with E-state index in [1.807, 2.05) is 13.8 Å². The number of hydrogen-bond donors (Lipinski definition) is 2. The molecule has 7 nitrogen and oxygen atoms in total. The number of carbonyl (C=O) groups is 3. The van der Waals surface area contributed by atoms with E-state index in [0.29, 0.717) is 13.0 Å². The lowest BCUT2D eigenvalue weighted by Crippen LogP contribution is -2.52. The first-order valence-electron chi connectivity index (χ1n) is 7.34. The third-order valence-corrected chi connectivity index (χ3v) is 4.11. The molecule has 0 saturated carbocycles. The molecule has 1 aliphatic heterocycles. The van der Waals surface area contributed by atoms with E-state index >= 15 is 0 Å². The predicted molar refractivity (Wildman–Crippen MR) is 79.3 cm³/mol. The van der Waals surface area contributed by atoms with Gasteiger partial charge in [0.1, 0.15) is 0 Å². The minimum Gasteiger partial charge on any atom is -0.368 e. The first-order valence-corrected chi connectivity index (χ1v) is 7.34. The number of amides is 3. The van der Waals surface area contributed by atoms with Crippen LogP contribution in [0.5, 0.6) is 0 Å². The summed E-state index contributed by atoms with van der Waals surface area (Å²) < 4.78 is 0. The van der Waals surface area contributed by atoms with E-state index in [0.717, 1.165) is 19.4 Å². The molecule has 0 unspecified atom stereocenters. The summed E-state index contributed by atoms with van der Waals surface area (Å²) in [4.78, 5) is 37.5. The second-order valence-corrected chi connectivity index (χ2v) is 5.87. The fourth-order valence-corrected chi connectivity index (χ4v) is 2.83. The fourth-order valence-electron chi connectivity index (χ4n) is 2.83. The van der Waals surface area contributed by atoms with E-state index in [-0.39, 0.29) is 36.4 Å². The molecule has 1 saturated heterocycles. The van der Waals surface area contributed by atoms with Crippen LogP contribution in [0.2, 0.25) is 0 Å². The Morgan fingerprint density at radius 1 is 1.48 bits per heavy atom. The Labute approximate surface area is 125 Å². The first-order chi connectivity index (χ1) is 9.88. The summed E-state index contributed by atoms with van der Waals surface area (Å²) in [5.74, 6) is -0.202. The van der Waals surface area contributed by atoms with Crippen LogP contribution in [0.1, 0.15) is 26.7 Å². The number of nitrogens with zero attached hydrogens (tertiary/aromatic N) is 2. The van der Waals surface area contributed by atoms with E-state index < -0.39 is 0 Å². The maximum atomic E-state index is 12.0. The number of primary amides is 1. The Balaban J connectivity index is 2.70. The van der Waals surface area contributed by atoms with E-state index in [1.54, 1.807) is 11.9 Å². The zero-order valence-electron chi connectivity index (χ0n) is 13.0. The Morgan fingerprint density at radius 3 is 2.67 bits per heavy atom. The summed E-state index contributed by atoms with van der Waals surface area (Å²) in [6.45, 7) is 5.51. The molecule has 0 spiro atoms. The van der Waals surface area contributed by atoms with Crippen molar-refractivity contribution in [2.75, 3.05) is 26.7 Å². The number of nitrogens with one attached hydrogen (secondary N) is 1. The maximum Gasteiger partial charge on any atom is 0.241 e. The van der Waals surface area contributed by atoms with Crippen LogP contribution in [0.25, 0.3) is 0 Å². The zero-order valence-corrected chi connectivity index (χ0v) is 13.0. The fraction of sp³-hybridized carbons (Fsp3) is 0.786. The summed E-state index contributed by atoms with van der Waals surface area (Å²) in [6.07, 6.45) is 2.24. The largest absolute Gasteiger partial charge is 0.368 e. The molecule has 21 heavy (non-hydrogen) atoms. The molecule has 0 aromatic carbocycles. The number of rotatable bonds is 8. The highest BCUT2D eigenvalue weighted by Crippen LogP contribution is 2.20. The van der Waals surface area contributed by atoms with Crippen LogP contribution in [0.4, 0.5) is 0 Å². The molecule has 7 heteroatoms. The normalized spacial score (nSPS) is 20.3. The quantitative estimate of drug-likeness (QED) is 0.571. The monoisotopic (exact) mass is 298 g/mol. The van der Waals surface area contributed by atoms with Gasteiger partial charge in [0.25, 0.3) is 0 Å². The highest BCUT2D eigenvalue weighted by Gasteiger charge is 2.33. The van der Waals surface area contributed by atoms with Crippen LogP contribution in [-0.2, 0) is 14.4 Å². The van der Waals surface area contributed by atoms with Gasteiger partial charge in [-0.15, -0.1) is 0 Å². The third-order valence-electron chi connectivity index (χ3n) is 4.11. The van der Waals surface area contributed by atoms with Crippen molar-refractivity contribution >= 4 is 18.2 Å². The van der Waals surface area contributed by atoms with Gasteiger partial charge in [-0.1, -0.05) is 13.8 Å². The van der Waals surface area contributed by atoms with Gasteiger partial charge in [0.2, 0.25) is 18.2 Å². The third kappa shape index (κ3) is 4.70. The van der Waals surface area contributed by atoms with Crippen LogP contribution in [0.15, 0.2) is 0 Å². The van der Waals surface area contributed by atoms with Gasteiger partial charge in [0.05, 0.1) is 12.6 Å². The van der Waals surface area contributed by atoms with Gasteiger partial charge in [-0.25, -0.2) is 0 Å². The van der Waals surface area contributed by atoms with Gasteiger partial charge in [0.15, 0.2) is 0 Å². The number of likely N-dealkylation sites (tertiary alicyclic amines) is 1. The maximum absolute atomic E-state index is 12.0. The van der Waals surface area contributed by atoms with E-state index in [2.05, 4.69) is 10.2 Å². The molecular weight excluding hydrogens is 272 g/mol. The van der Waals surface area contributed by atoms with Gasteiger partial charge >= 0.3 is 0 Å². The summed E-state index contributed by atoms with van der Waals surface area (Å²) in [5, 5.41) is 2.38. The Morgan fingerprint density at radius 2 is 2.14 bits per heavy atom. The Bertz CT molecular complexity index is 386. The SMILES string of the molecule is CC(C)[C@@H](CN1CCC[C@H]1C(N)=O)N(C)C(=O)CNC=O. The van der Waals surface area contributed by atoms with Gasteiger partial charge in [-0.3, -0.25) is 19.3 Å². The van der Waals surface area contributed by atoms with Crippen molar-refractivity contribution in [2.24, 2.45) is 11.7 Å². The molecule has 0 bridgehead atoms. The molecule has 2 atom stereocenters. The Hall–Kier alpha value is -1.63. The molecule has 1 aliphatic rings. The predicted octanol–water partition coefficient (Wildman–Crippen LogP) is -0.835. The van der Waals surface area contributed by atoms with Crippen LogP contribution >= 0.6 is 0 Å². The van der Waals surface area contributed by atoms with E-state index in [4.69, 9.17) is 5.73 Å². The van der Waals surface area contributed by atoms with Gasteiger partial charge in [-0.2, -0.15) is 0 Å². The molecule has 0 aliphatic carbocycles. The number of carbonyl (C=O) groups excluding carboxylic acids is 3. The van der Waals surface area contributed by atoms with Crippen molar-refractivity contribution < 1.29 is 14.4 Å². The van der Waals surface area contributed by atoms with E-state index in [9.17, 15) is 14.4 Å². The summed E-state index contributed by atoms with van der Waals surface area (Å²) in [7, 11) is 1.73. The average Bonchev–Trinajstić information content (AvgIpc) is 2.89. The van der Waals surface area contributed by atoms with Crippen LogP contribution in [0.3, 0.4) is 0 Å². The number of likely N-dealkylation sites (N-methyl/N-ethyl adjacent to an activating group) is 1. The summed E-state index contributed by atoms with van der Waals surface area (Å²) in [5.41, 5.74) is 5.43. The molecule has 0 aromatic rings. The van der Waals surface area contributed by atoms with Crippen LogP contribution < -0.4 is 11.1 Å². The van der Waals surface area contributed by atoms with Gasteiger partial charge in [-0.05, 0) is 25.3 Å². The molecule has 1 fully saturated rings.